The summed E-state index contributed by atoms with van der Waals surface area (Å²) in [4.78, 5) is 0. The number of ether oxygens (including phenoxy) is 1. The van der Waals surface area contributed by atoms with Gasteiger partial charge in [0.2, 0.25) is 0 Å². The molecule has 0 radical (unpaired) electrons. The molecule has 0 aromatic heterocycles. The van der Waals surface area contributed by atoms with E-state index < -0.39 is 0 Å². The Labute approximate surface area is 138 Å². The Kier molecular flexibility index (Phi) is 5.36. The topological polar surface area (TPSA) is 9.23 Å². The lowest BCUT2D eigenvalue weighted by Gasteiger charge is -2.15. The van der Waals surface area contributed by atoms with Gasteiger partial charge in [-0.1, -0.05) is 57.3 Å². The second-order valence-corrected chi connectivity index (χ2v) is 6.06. The highest BCUT2D eigenvalue weighted by molar-refractivity contribution is 9.08. The van der Waals surface area contributed by atoms with Gasteiger partial charge in [0.15, 0.2) is 0 Å². The molecule has 0 amide bonds. The van der Waals surface area contributed by atoms with Gasteiger partial charge in [0, 0.05) is 20.9 Å². The van der Waals surface area contributed by atoms with Crippen molar-refractivity contribution in [2.75, 3.05) is 0 Å². The minimum absolute atomic E-state index is 0.369. The predicted octanol–water partition coefficient (Wildman–Crippen LogP) is 6.08. The van der Waals surface area contributed by atoms with Crippen molar-refractivity contribution in [3.05, 3.63) is 62.6 Å². The SMILES string of the molecule is Cc1cc(CBr)cc(C)c1OCc1c(Cl)cccc1Cl. The van der Waals surface area contributed by atoms with Crippen molar-refractivity contribution in [3.63, 3.8) is 0 Å². The molecule has 0 atom stereocenters. The van der Waals surface area contributed by atoms with E-state index in [9.17, 15) is 0 Å². The Morgan fingerprint density at radius 1 is 1.05 bits per heavy atom. The Hall–Kier alpha value is -0.700. The monoisotopic (exact) mass is 372 g/mol. The zero-order valence-electron chi connectivity index (χ0n) is 11.3. The van der Waals surface area contributed by atoms with Crippen LogP contribution >= 0.6 is 39.1 Å². The molecule has 0 heterocycles. The number of halogens is 3. The highest BCUT2D eigenvalue weighted by atomic mass is 79.9. The quantitative estimate of drug-likeness (QED) is 0.589. The van der Waals surface area contributed by atoms with Gasteiger partial charge in [-0.15, -0.1) is 0 Å². The molecule has 0 saturated carbocycles. The summed E-state index contributed by atoms with van der Waals surface area (Å²) < 4.78 is 5.93. The maximum Gasteiger partial charge on any atom is 0.125 e. The van der Waals surface area contributed by atoms with Crippen molar-refractivity contribution in [2.24, 2.45) is 0 Å². The third kappa shape index (κ3) is 3.49. The second kappa shape index (κ2) is 6.84. The largest absolute Gasteiger partial charge is 0.488 e. The fourth-order valence-electron chi connectivity index (χ4n) is 2.16. The summed E-state index contributed by atoms with van der Waals surface area (Å²) in [5, 5.41) is 2.10. The Morgan fingerprint density at radius 2 is 1.60 bits per heavy atom. The van der Waals surface area contributed by atoms with E-state index in [-0.39, 0.29) is 0 Å². The number of rotatable bonds is 4. The van der Waals surface area contributed by atoms with Crippen LogP contribution in [0.25, 0.3) is 0 Å². The molecule has 0 N–H and O–H groups in total. The van der Waals surface area contributed by atoms with E-state index in [1.807, 2.05) is 32.0 Å². The van der Waals surface area contributed by atoms with Crippen LogP contribution in [0.5, 0.6) is 5.75 Å². The lowest BCUT2D eigenvalue weighted by molar-refractivity contribution is 0.302. The fraction of sp³-hybridized carbons (Fsp3) is 0.250. The van der Waals surface area contributed by atoms with Crippen molar-refractivity contribution >= 4 is 39.1 Å². The van der Waals surface area contributed by atoms with Crippen LogP contribution in [0.1, 0.15) is 22.3 Å². The van der Waals surface area contributed by atoms with E-state index in [1.165, 1.54) is 5.56 Å². The van der Waals surface area contributed by atoms with Gasteiger partial charge in [-0.2, -0.15) is 0 Å². The third-order valence-corrected chi connectivity index (χ3v) is 4.45. The Morgan fingerprint density at radius 3 is 2.10 bits per heavy atom. The van der Waals surface area contributed by atoms with E-state index in [1.54, 1.807) is 0 Å². The summed E-state index contributed by atoms with van der Waals surface area (Å²) in [5.41, 5.74) is 4.28. The first-order valence-corrected chi connectivity index (χ1v) is 8.12. The van der Waals surface area contributed by atoms with Gasteiger partial charge >= 0.3 is 0 Å². The smallest absolute Gasteiger partial charge is 0.125 e. The molecule has 0 bridgehead atoms. The zero-order chi connectivity index (χ0) is 14.7. The van der Waals surface area contributed by atoms with E-state index in [2.05, 4.69) is 28.1 Å². The number of alkyl halides is 1. The first kappa shape index (κ1) is 15.7. The Balaban J connectivity index is 2.23. The highest BCUT2D eigenvalue weighted by Gasteiger charge is 2.10. The molecule has 0 unspecified atom stereocenters. The van der Waals surface area contributed by atoms with Crippen LogP contribution in [0.15, 0.2) is 30.3 Å². The van der Waals surface area contributed by atoms with E-state index in [0.29, 0.717) is 16.7 Å². The fourth-order valence-corrected chi connectivity index (χ4v) is 2.99. The van der Waals surface area contributed by atoms with Gasteiger partial charge in [-0.3, -0.25) is 0 Å². The average molecular weight is 374 g/mol. The van der Waals surface area contributed by atoms with Crippen LogP contribution in [0, 0.1) is 13.8 Å². The minimum Gasteiger partial charge on any atom is -0.488 e. The molecular formula is C16H15BrCl2O. The van der Waals surface area contributed by atoms with E-state index >= 15 is 0 Å². The molecule has 0 spiro atoms. The average Bonchev–Trinajstić information content (AvgIpc) is 2.40. The second-order valence-electron chi connectivity index (χ2n) is 4.68. The van der Waals surface area contributed by atoms with Gasteiger partial charge in [0.1, 0.15) is 12.4 Å². The molecule has 20 heavy (non-hydrogen) atoms. The summed E-state index contributed by atoms with van der Waals surface area (Å²) in [6.07, 6.45) is 0. The van der Waals surface area contributed by atoms with Gasteiger partial charge in [-0.05, 0) is 42.7 Å². The maximum atomic E-state index is 6.15. The molecule has 106 valence electrons. The van der Waals surface area contributed by atoms with Crippen LogP contribution in [0.3, 0.4) is 0 Å². The van der Waals surface area contributed by atoms with Crippen molar-refractivity contribution in [3.8, 4) is 5.75 Å². The molecule has 0 fully saturated rings. The van der Waals surface area contributed by atoms with Crippen LogP contribution < -0.4 is 4.74 Å². The molecule has 0 aliphatic carbocycles. The number of hydrogen-bond donors (Lipinski definition) is 0. The van der Waals surface area contributed by atoms with Crippen molar-refractivity contribution in [1.29, 1.82) is 0 Å². The van der Waals surface area contributed by atoms with Gasteiger partial charge in [-0.25, -0.2) is 0 Å². The van der Waals surface area contributed by atoms with Crippen LogP contribution in [0.4, 0.5) is 0 Å². The van der Waals surface area contributed by atoms with Crippen molar-refractivity contribution < 1.29 is 4.74 Å². The standard InChI is InChI=1S/C16H15BrCl2O/c1-10-6-12(8-17)7-11(2)16(10)20-9-13-14(18)4-3-5-15(13)19/h3-7H,8-9H2,1-2H3. The minimum atomic E-state index is 0.369. The van der Waals surface area contributed by atoms with Crippen LogP contribution in [0.2, 0.25) is 10.0 Å². The van der Waals surface area contributed by atoms with Gasteiger partial charge < -0.3 is 4.74 Å². The summed E-state index contributed by atoms with van der Waals surface area (Å²) in [6, 6.07) is 9.70. The van der Waals surface area contributed by atoms with Crippen molar-refractivity contribution in [2.45, 2.75) is 25.8 Å². The highest BCUT2D eigenvalue weighted by Crippen LogP contribution is 2.29. The zero-order valence-corrected chi connectivity index (χ0v) is 14.4. The van der Waals surface area contributed by atoms with Crippen LogP contribution in [-0.4, -0.2) is 0 Å². The lowest BCUT2D eigenvalue weighted by atomic mass is 10.1. The first-order chi connectivity index (χ1) is 9.52. The molecule has 4 heteroatoms. The van der Waals surface area contributed by atoms with Crippen LogP contribution in [-0.2, 0) is 11.9 Å². The molecule has 0 aliphatic rings. The molecular weight excluding hydrogens is 359 g/mol. The van der Waals surface area contributed by atoms with Crippen molar-refractivity contribution in [1.82, 2.24) is 0 Å². The number of benzene rings is 2. The molecule has 0 saturated heterocycles. The van der Waals surface area contributed by atoms with Gasteiger partial charge in [0.25, 0.3) is 0 Å². The van der Waals surface area contributed by atoms with Gasteiger partial charge in [0.05, 0.1) is 0 Å². The third-order valence-electron chi connectivity index (χ3n) is 3.10. The van der Waals surface area contributed by atoms with E-state index in [0.717, 1.165) is 27.8 Å². The molecule has 2 rings (SSSR count). The summed E-state index contributed by atoms with van der Waals surface area (Å²) in [6.45, 7) is 4.46. The Bertz CT molecular complexity index is 583. The normalized spacial score (nSPS) is 10.7. The predicted molar refractivity (Wildman–Crippen MR) is 89.3 cm³/mol. The summed E-state index contributed by atoms with van der Waals surface area (Å²) in [5.74, 6) is 0.894. The number of hydrogen-bond acceptors (Lipinski definition) is 1. The summed E-state index contributed by atoms with van der Waals surface area (Å²) in [7, 11) is 0. The molecule has 2 aromatic rings. The number of aryl methyl sites for hydroxylation is 2. The maximum absolute atomic E-state index is 6.15. The first-order valence-electron chi connectivity index (χ1n) is 6.24. The molecule has 1 nitrogen and oxygen atoms in total. The molecule has 2 aromatic carbocycles. The molecule has 0 aliphatic heterocycles. The summed E-state index contributed by atoms with van der Waals surface area (Å²) >= 11 is 15.8. The lowest BCUT2D eigenvalue weighted by Crippen LogP contribution is -2.01. The van der Waals surface area contributed by atoms with E-state index in [4.69, 9.17) is 27.9 Å².